The molecule has 2 rings (SSSR count). The number of aromatic nitrogens is 2. The number of carbonyl (C=O) groups is 1. The van der Waals surface area contributed by atoms with Gasteiger partial charge < -0.3 is 10.6 Å². The molecule has 0 aliphatic carbocycles. The zero-order valence-corrected chi connectivity index (χ0v) is 14.1. The van der Waals surface area contributed by atoms with E-state index in [1.165, 1.54) is 23.1 Å². The molecule has 0 bridgehead atoms. The van der Waals surface area contributed by atoms with Crippen molar-refractivity contribution in [1.29, 1.82) is 0 Å². The summed E-state index contributed by atoms with van der Waals surface area (Å²) in [5.74, 6) is -0.0512. The predicted molar refractivity (Wildman–Crippen MR) is 93.7 cm³/mol. The van der Waals surface area contributed by atoms with E-state index in [9.17, 15) is 4.79 Å². The summed E-state index contributed by atoms with van der Waals surface area (Å²) in [6, 6.07) is 7.73. The molecule has 1 aromatic carbocycles. The van der Waals surface area contributed by atoms with Crippen molar-refractivity contribution in [2.45, 2.75) is 23.4 Å². The number of amides is 1. The Kier molecular flexibility index (Phi) is 5.97. The smallest absolute Gasteiger partial charge is 0.237 e. The third-order valence-electron chi connectivity index (χ3n) is 2.77. The molecule has 7 heteroatoms. The molecule has 0 saturated carbocycles. The van der Waals surface area contributed by atoms with Gasteiger partial charge in [-0.3, -0.25) is 4.79 Å². The lowest BCUT2D eigenvalue weighted by molar-refractivity contribution is -0.115. The number of nitrogens with zero attached hydrogens (tertiary/aromatic N) is 2. The number of thioether (sulfide) groups is 1. The van der Waals surface area contributed by atoms with Crippen molar-refractivity contribution >= 4 is 39.8 Å². The summed E-state index contributed by atoms with van der Waals surface area (Å²) >= 11 is 2.82. The van der Waals surface area contributed by atoms with E-state index >= 15 is 0 Å². The lowest BCUT2D eigenvalue weighted by Crippen LogP contribution is -2.22. The second-order valence-corrected chi connectivity index (χ2v) is 7.22. The molecule has 0 aliphatic rings. The molecular weight excluding hydrogens is 316 g/mol. The average Bonchev–Trinajstić information content (AvgIpc) is 2.95. The second kappa shape index (κ2) is 7.95. The minimum Gasteiger partial charge on any atom is -0.357 e. The summed E-state index contributed by atoms with van der Waals surface area (Å²) in [6.45, 7) is 8.14. The monoisotopic (exact) mass is 334 g/mol. The van der Waals surface area contributed by atoms with Crippen LogP contribution in [0.3, 0.4) is 0 Å². The maximum Gasteiger partial charge on any atom is 0.237 e. The van der Waals surface area contributed by atoms with Crippen LogP contribution in [0.2, 0.25) is 0 Å². The van der Waals surface area contributed by atoms with Gasteiger partial charge in [-0.15, -0.1) is 16.8 Å². The molecule has 0 spiro atoms. The zero-order chi connectivity index (χ0) is 15.9. The van der Waals surface area contributed by atoms with Crippen LogP contribution in [-0.4, -0.2) is 27.9 Å². The fraction of sp³-hybridized carbons (Fsp3) is 0.267. The highest BCUT2D eigenvalue weighted by Crippen LogP contribution is 2.29. The molecule has 0 aliphatic heterocycles. The van der Waals surface area contributed by atoms with Gasteiger partial charge in [-0.1, -0.05) is 46.9 Å². The molecule has 1 atom stereocenters. The number of aryl methyl sites for hydroxylation is 1. The summed E-state index contributed by atoms with van der Waals surface area (Å²) < 4.78 is 0.762. The molecule has 22 heavy (non-hydrogen) atoms. The third-order valence-corrected chi connectivity index (χ3v) is 4.84. The number of carbonyl (C=O) groups excluding carboxylic acids is 1. The Morgan fingerprint density at radius 2 is 2.14 bits per heavy atom. The Bertz CT molecular complexity index is 639. The van der Waals surface area contributed by atoms with E-state index in [1.54, 1.807) is 6.08 Å². The minimum atomic E-state index is -0.249. The van der Waals surface area contributed by atoms with E-state index in [4.69, 9.17) is 0 Å². The van der Waals surface area contributed by atoms with Crippen LogP contribution >= 0.6 is 23.1 Å². The van der Waals surface area contributed by atoms with Crippen LogP contribution in [0.5, 0.6) is 0 Å². The molecule has 0 unspecified atom stereocenters. The van der Waals surface area contributed by atoms with Crippen LogP contribution in [0.25, 0.3) is 0 Å². The molecule has 2 N–H and O–H groups in total. The van der Waals surface area contributed by atoms with Crippen LogP contribution in [-0.2, 0) is 4.79 Å². The Hall–Kier alpha value is -1.86. The lowest BCUT2D eigenvalue weighted by Gasteiger charge is -2.10. The van der Waals surface area contributed by atoms with Gasteiger partial charge in [0, 0.05) is 12.2 Å². The number of nitrogens with one attached hydrogen (secondary N) is 2. The zero-order valence-electron chi connectivity index (χ0n) is 12.5. The van der Waals surface area contributed by atoms with E-state index in [-0.39, 0.29) is 11.2 Å². The van der Waals surface area contributed by atoms with Gasteiger partial charge in [0.15, 0.2) is 4.34 Å². The van der Waals surface area contributed by atoms with Crippen molar-refractivity contribution in [3.05, 3.63) is 42.5 Å². The van der Waals surface area contributed by atoms with Gasteiger partial charge in [0.1, 0.15) is 0 Å². The topological polar surface area (TPSA) is 66.9 Å². The molecule has 0 fully saturated rings. The van der Waals surface area contributed by atoms with Crippen molar-refractivity contribution in [2.24, 2.45) is 0 Å². The highest BCUT2D eigenvalue weighted by molar-refractivity contribution is 8.02. The van der Waals surface area contributed by atoms with Crippen molar-refractivity contribution in [1.82, 2.24) is 10.2 Å². The Morgan fingerprint density at radius 3 is 2.82 bits per heavy atom. The van der Waals surface area contributed by atoms with Gasteiger partial charge in [0.05, 0.1) is 5.25 Å². The van der Waals surface area contributed by atoms with Gasteiger partial charge in [0.2, 0.25) is 11.0 Å². The van der Waals surface area contributed by atoms with Crippen molar-refractivity contribution < 1.29 is 4.79 Å². The maximum atomic E-state index is 12.2. The number of anilines is 2. The van der Waals surface area contributed by atoms with Gasteiger partial charge in [0.25, 0.3) is 0 Å². The molecule has 1 heterocycles. The standard InChI is InChI=1S/C15H18N4OS2/c1-4-9-16-14-18-19-15(22-14)21-11(3)13(20)17-12-7-5-10(2)6-8-12/h4-8,11H,1,9H2,2-3H3,(H,16,18)(H,17,20)/t11-/m1/s1. The number of hydrogen-bond donors (Lipinski definition) is 2. The molecule has 0 radical (unpaired) electrons. The quantitative estimate of drug-likeness (QED) is 0.598. The third kappa shape index (κ3) is 4.85. The first-order valence-electron chi connectivity index (χ1n) is 6.81. The largest absolute Gasteiger partial charge is 0.357 e. The number of hydrogen-bond acceptors (Lipinski definition) is 6. The van der Waals surface area contributed by atoms with E-state index in [1.807, 2.05) is 38.1 Å². The number of benzene rings is 1. The van der Waals surface area contributed by atoms with Gasteiger partial charge >= 0.3 is 0 Å². The van der Waals surface area contributed by atoms with E-state index in [0.717, 1.165) is 20.7 Å². The van der Waals surface area contributed by atoms with E-state index < -0.39 is 0 Å². The molecule has 0 saturated heterocycles. The van der Waals surface area contributed by atoms with Crippen LogP contribution in [0.15, 0.2) is 41.3 Å². The van der Waals surface area contributed by atoms with Crippen LogP contribution in [0.4, 0.5) is 10.8 Å². The summed E-state index contributed by atoms with van der Waals surface area (Å²) in [5.41, 5.74) is 1.96. The highest BCUT2D eigenvalue weighted by atomic mass is 32.2. The summed E-state index contributed by atoms with van der Waals surface area (Å²) in [7, 11) is 0. The Morgan fingerprint density at radius 1 is 1.41 bits per heavy atom. The van der Waals surface area contributed by atoms with Crippen LogP contribution in [0, 0.1) is 6.92 Å². The van der Waals surface area contributed by atoms with Gasteiger partial charge in [-0.05, 0) is 26.0 Å². The summed E-state index contributed by atoms with van der Waals surface area (Å²) in [4.78, 5) is 12.2. The van der Waals surface area contributed by atoms with Gasteiger partial charge in [-0.2, -0.15) is 0 Å². The van der Waals surface area contributed by atoms with Crippen LogP contribution in [0.1, 0.15) is 12.5 Å². The SMILES string of the molecule is C=CCNc1nnc(S[C@H](C)C(=O)Nc2ccc(C)cc2)s1. The van der Waals surface area contributed by atoms with Crippen molar-refractivity contribution in [2.75, 3.05) is 17.2 Å². The van der Waals surface area contributed by atoms with Crippen LogP contribution < -0.4 is 10.6 Å². The van der Waals surface area contributed by atoms with Crippen molar-refractivity contribution in [3.63, 3.8) is 0 Å². The molecule has 2 aromatic rings. The first kappa shape index (κ1) is 16.5. The molecule has 1 aromatic heterocycles. The Labute approximate surface area is 138 Å². The van der Waals surface area contributed by atoms with E-state index in [2.05, 4.69) is 27.4 Å². The lowest BCUT2D eigenvalue weighted by atomic mass is 10.2. The first-order chi connectivity index (χ1) is 10.6. The molecule has 116 valence electrons. The second-order valence-electron chi connectivity index (χ2n) is 4.66. The summed E-state index contributed by atoms with van der Waals surface area (Å²) in [6.07, 6.45) is 1.76. The maximum absolute atomic E-state index is 12.2. The molecule has 1 amide bonds. The van der Waals surface area contributed by atoms with E-state index in [0.29, 0.717) is 6.54 Å². The highest BCUT2D eigenvalue weighted by Gasteiger charge is 2.17. The fourth-order valence-corrected chi connectivity index (χ4v) is 3.48. The molecular formula is C15H18N4OS2. The first-order valence-corrected chi connectivity index (χ1v) is 8.50. The predicted octanol–water partition coefficient (Wildman–Crippen LogP) is 3.56. The van der Waals surface area contributed by atoms with Crippen molar-refractivity contribution in [3.8, 4) is 0 Å². The minimum absolute atomic E-state index is 0.0512. The molecule has 5 nitrogen and oxygen atoms in total. The normalized spacial score (nSPS) is 11.7. The Balaban J connectivity index is 1.89. The average molecular weight is 334 g/mol. The van der Waals surface area contributed by atoms with Gasteiger partial charge in [-0.25, -0.2) is 0 Å². The fourth-order valence-electron chi connectivity index (χ4n) is 1.57. The summed E-state index contributed by atoms with van der Waals surface area (Å²) in [5, 5.41) is 14.5. The number of rotatable bonds is 7.